The van der Waals surface area contributed by atoms with Crippen molar-refractivity contribution in [2.75, 3.05) is 40.3 Å². The first kappa shape index (κ1) is 24.9. The number of sulfonamides is 1. The molecule has 0 saturated carbocycles. The van der Waals surface area contributed by atoms with E-state index in [1.807, 2.05) is 19.9 Å². The van der Waals surface area contributed by atoms with E-state index in [-0.39, 0.29) is 11.5 Å². The van der Waals surface area contributed by atoms with Crippen LogP contribution in [0.5, 0.6) is 0 Å². The van der Waals surface area contributed by atoms with Crippen molar-refractivity contribution in [3.05, 3.63) is 17.0 Å². The molecule has 0 aliphatic rings. The van der Waals surface area contributed by atoms with Crippen LogP contribution in [0.1, 0.15) is 39.5 Å². The Labute approximate surface area is 174 Å². The minimum atomic E-state index is -3.38. The van der Waals surface area contributed by atoms with Crippen LogP contribution in [-0.2, 0) is 21.2 Å². The summed E-state index contributed by atoms with van der Waals surface area (Å²) < 4.78 is 32.6. The molecule has 9 heteroatoms. The summed E-state index contributed by atoms with van der Waals surface area (Å²) in [5.41, 5.74) is 0.0321. The molecular formula is C19H36N4O3S2. The molecule has 1 aromatic rings. The molecule has 1 atom stereocenters. The fourth-order valence-corrected chi connectivity index (χ4v) is 5.75. The lowest BCUT2D eigenvalue weighted by molar-refractivity contribution is 0.0205. The lowest BCUT2D eigenvalue weighted by atomic mass is 9.89. The maximum Gasteiger partial charge on any atom is 0.252 e. The predicted octanol–water partition coefficient (Wildman–Crippen LogP) is 2.55. The zero-order valence-electron chi connectivity index (χ0n) is 18.2. The number of methoxy groups -OCH3 is 1. The number of guanidine groups is 1. The standard InChI is InChI=1S/C19H36N4O3S2/c1-8-23(9-2)28(24,25)17-11-10-15(27-17)12-13-21-18(20-6)22-14-16(26-7)19(3,4)5/h10-11,16H,8-9,12-14H2,1-7H3,(H2,20,21,22). The van der Waals surface area contributed by atoms with Gasteiger partial charge in [0.1, 0.15) is 4.21 Å². The highest BCUT2D eigenvalue weighted by Crippen LogP contribution is 2.25. The Morgan fingerprint density at radius 2 is 1.89 bits per heavy atom. The summed E-state index contributed by atoms with van der Waals surface area (Å²) >= 11 is 1.33. The second-order valence-corrected chi connectivity index (χ2v) is 10.9. The van der Waals surface area contributed by atoms with Gasteiger partial charge in [-0.2, -0.15) is 4.31 Å². The van der Waals surface area contributed by atoms with Gasteiger partial charge in [0.25, 0.3) is 10.0 Å². The molecule has 1 heterocycles. The molecule has 1 unspecified atom stereocenters. The second-order valence-electron chi connectivity index (χ2n) is 7.53. The normalized spacial score (nSPS) is 14.4. The van der Waals surface area contributed by atoms with E-state index in [9.17, 15) is 8.42 Å². The van der Waals surface area contributed by atoms with E-state index in [1.54, 1.807) is 20.2 Å². The first-order chi connectivity index (χ1) is 13.1. The largest absolute Gasteiger partial charge is 0.379 e. The Bertz CT molecular complexity index is 720. The molecule has 1 rings (SSSR count). The molecular weight excluding hydrogens is 396 g/mol. The van der Waals surface area contributed by atoms with Crippen LogP contribution in [0, 0.1) is 5.41 Å². The van der Waals surface area contributed by atoms with Gasteiger partial charge in [0.05, 0.1) is 6.10 Å². The Balaban J connectivity index is 2.58. The molecule has 0 saturated heterocycles. The van der Waals surface area contributed by atoms with Gasteiger partial charge in [-0.15, -0.1) is 11.3 Å². The van der Waals surface area contributed by atoms with E-state index >= 15 is 0 Å². The van der Waals surface area contributed by atoms with Crippen LogP contribution < -0.4 is 10.6 Å². The van der Waals surface area contributed by atoms with Crippen molar-refractivity contribution in [3.63, 3.8) is 0 Å². The van der Waals surface area contributed by atoms with Crippen molar-refractivity contribution in [2.45, 2.75) is 51.4 Å². The molecule has 0 spiro atoms. The van der Waals surface area contributed by atoms with Crippen molar-refractivity contribution < 1.29 is 13.2 Å². The highest BCUT2D eigenvalue weighted by molar-refractivity contribution is 7.91. The Kier molecular flexibility index (Phi) is 9.89. The molecule has 28 heavy (non-hydrogen) atoms. The molecule has 0 bridgehead atoms. The summed E-state index contributed by atoms with van der Waals surface area (Å²) in [6.45, 7) is 12.4. The SMILES string of the molecule is CCN(CC)S(=O)(=O)c1ccc(CCNC(=NC)NCC(OC)C(C)(C)C)s1. The number of aliphatic imine (C=N–C) groups is 1. The average molecular weight is 433 g/mol. The summed E-state index contributed by atoms with van der Waals surface area (Å²) in [5, 5.41) is 6.56. The van der Waals surface area contributed by atoms with Crippen LogP contribution in [0.25, 0.3) is 0 Å². The van der Waals surface area contributed by atoms with Crippen molar-refractivity contribution in [1.82, 2.24) is 14.9 Å². The van der Waals surface area contributed by atoms with Crippen LogP contribution in [0.4, 0.5) is 0 Å². The van der Waals surface area contributed by atoms with E-state index in [4.69, 9.17) is 4.74 Å². The van der Waals surface area contributed by atoms with Gasteiger partial charge in [-0.3, -0.25) is 4.99 Å². The Morgan fingerprint density at radius 1 is 1.25 bits per heavy atom. The minimum absolute atomic E-state index is 0.0321. The van der Waals surface area contributed by atoms with Crippen LogP contribution >= 0.6 is 11.3 Å². The van der Waals surface area contributed by atoms with Gasteiger partial charge in [0.2, 0.25) is 0 Å². The number of ether oxygens (including phenoxy) is 1. The van der Waals surface area contributed by atoms with E-state index in [0.717, 1.165) is 11.3 Å². The number of rotatable bonds is 10. The highest BCUT2D eigenvalue weighted by atomic mass is 32.2. The summed E-state index contributed by atoms with van der Waals surface area (Å²) in [7, 11) is 0.0670. The molecule has 2 N–H and O–H groups in total. The van der Waals surface area contributed by atoms with Crippen LogP contribution in [0.15, 0.2) is 21.3 Å². The third kappa shape index (κ3) is 7.02. The molecule has 0 aliphatic carbocycles. The van der Waals surface area contributed by atoms with Crippen molar-refractivity contribution in [1.29, 1.82) is 0 Å². The lowest BCUT2D eigenvalue weighted by Gasteiger charge is -2.30. The third-order valence-corrected chi connectivity index (χ3v) is 8.19. The topological polar surface area (TPSA) is 83.0 Å². The van der Waals surface area contributed by atoms with Gasteiger partial charge in [0.15, 0.2) is 5.96 Å². The van der Waals surface area contributed by atoms with Crippen LogP contribution in [0.2, 0.25) is 0 Å². The predicted molar refractivity (Wildman–Crippen MR) is 118 cm³/mol. The lowest BCUT2D eigenvalue weighted by Crippen LogP contribution is -2.45. The smallest absolute Gasteiger partial charge is 0.252 e. The van der Waals surface area contributed by atoms with Gasteiger partial charge >= 0.3 is 0 Å². The van der Waals surface area contributed by atoms with E-state index in [0.29, 0.717) is 36.3 Å². The fraction of sp³-hybridized carbons (Fsp3) is 0.737. The monoisotopic (exact) mass is 432 g/mol. The van der Waals surface area contributed by atoms with E-state index in [2.05, 4.69) is 36.4 Å². The molecule has 0 aromatic carbocycles. The number of hydrogen-bond donors (Lipinski definition) is 2. The van der Waals surface area contributed by atoms with Crippen LogP contribution in [0.3, 0.4) is 0 Å². The molecule has 162 valence electrons. The maximum atomic E-state index is 12.6. The summed E-state index contributed by atoms with van der Waals surface area (Å²) in [6.07, 6.45) is 0.794. The summed E-state index contributed by atoms with van der Waals surface area (Å²) in [4.78, 5) is 5.26. The first-order valence-electron chi connectivity index (χ1n) is 9.66. The summed E-state index contributed by atoms with van der Waals surface area (Å²) in [5.74, 6) is 0.707. The Morgan fingerprint density at radius 3 is 2.39 bits per heavy atom. The highest BCUT2D eigenvalue weighted by Gasteiger charge is 2.25. The van der Waals surface area contributed by atoms with Gasteiger partial charge in [-0.05, 0) is 24.0 Å². The zero-order chi connectivity index (χ0) is 21.4. The quantitative estimate of drug-likeness (QED) is 0.439. The summed E-state index contributed by atoms with van der Waals surface area (Å²) in [6, 6.07) is 3.59. The number of thiophene rings is 1. The zero-order valence-corrected chi connectivity index (χ0v) is 19.8. The van der Waals surface area contributed by atoms with Crippen molar-refractivity contribution in [2.24, 2.45) is 10.4 Å². The fourth-order valence-electron chi connectivity index (χ4n) is 2.78. The number of nitrogens with zero attached hydrogens (tertiary/aromatic N) is 2. The van der Waals surface area contributed by atoms with Crippen molar-refractivity contribution >= 4 is 27.3 Å². The average Bonchev–Trinajstić information content (AvgIpc) is 3.10. The van der Waals surface area contributed by atoms with Crippen molar-refractivity contribution in [3.8, 4) is 0 Å². The molecule has 0 aliphatic heterocycles. The molecule has 0 amide bonds. The maximum absolute atomic E-state index is 12.6. The second kappa shape index (κ2) is 11.1. The Hall–Kier alpha value is -1.16. The van der Waals surface area contributed by atoms with Gasteiger partial charge < -0.3 is 15.4 Å². The number of hydrogen-bond acceptors (Lipinski definition) is 5. The van der Waals surface area contributed by atoms with E-state index < -0.39 is 10.0 Å². The number of nitrogens with one attached hydrogen (secondary N) is 2. The van der Waals surface area contributed by atoms with Gasteiger partial charge in [-0.25, -0.2) is 8.42 Å². The molecule has 0 radical (unpaired) electrons. The van der Waals surface area contributed by atoms with Gasteiger partial charge in [-0.1, -0.05) is 34.6 Å². The first-order valence-corrected chi connectivity index (χ1v) is 11.9. The van der Waals surface area contributed by atoms with E-state index in [1.165, 1.54) is 15.6 Å². The van der Waals surface area contributed by atoms with Crippen LogP contribution in [-0.4, -0.2) is 65.1 Å². The molecule has 1 aromatic heterocycles. The molecule has 7 nitrogen and oxygen atoms in total. The minimum Gasteiger partial charge on any atom is -0.379 e. The third-order valence-electron chi connectivity index (χ3n) is 4.53. The van der Waals surface area contributed by atoms with Gasteiger partial charge in [0, 0.05) is 45.2 Å². The molecule has 0 fully saturated rings.